The number of carbonyl (C=O) groups is 1. The number of ketones is 1. The number of carbonyl (C=O) groups excluding carboxylic acids is 1. The van der Waals surface area contributed by atoms with E-state index in [4.69, 9.17) is 21.2 Å². The van der Waals surface area contributed by atoms with Gasteiger partial charge in [0.1, 0.15) is 12.4 Å². The molecular formula is C17H24ClNO4. The summed E-state index contributed by atoms with van der Waals surface area (Å²) < 4.78 is 5.38. The molecule has 0 unspecified atom stereocenters. The number of Topliss-reactive ketones (excluding diaryl/α,β-unsaturated/α-hetero) is 1. The van der Waals surface area contributed by atoms with Crippen molar-refractivity contribution in [2.45, 2.75) is 39.0 Å². The number of hydrogen-bond donors (Lipinski definition) is 1. The van der Waals surface area contributed by atoms with Crippen LogP contribution < -0.4 is 0 Å². The van der Waals surface area contributed by atoms with Crippen LogP contribution in [0, 0.1) is 11.8 Å². The number of aliphatic hydroxyl groups is 1. The van der Waals surface area contributed by atoms with E-state index in [9.17, 15) is 9.90 Å². The highest BCUT2D eigenvalue weighted by Crippen LogP contribution is 2.36. The topological polar surface area (TPSA) is 68.1 Å². The van der Waals surface area contributed by atoms with Gasteiger partial charge in [-0.15, -0.1) is 0 Å². The van der Waals surface area contributed by atoms with Gasteiger partial charge in [0.15, 0.2) is 5.78 Å². The van der Waals surface area contributed by atoms with E-state index in [2.05, 4.69) is 5.16 Å². The number of halogens is 1. The zero-order valence-electron chi connectivity index (χ0n) is 13.5. The first-order chi connectivity index (χ1) is 11.2. The van der Waals surface area contributed by atoms with E-state index in [1.54, 1.807) is 6.08 Å². The molecule has 0 radical (unpaired) electrons. The Morgan fingerprint density at radius 2 is 2.13 bits per heavy atom. The van der Waals surface area contributed by atoms with Gasteiger partial charge in [-0.3, -0.25) is 4.79 Å². The predicted molar refractivity (Wildman–Crippen MR) is 89.6 cm³/mol. The molecular weight excluding hydrogens is 318 g/mol. The van der Waals surface area contributed by atoms with Gasteiger partial charge in [-0.05, 0) is 37.2 Å². The van der Waals surface area contributed by atoms with E-state index >= 15 is 0 Å². The molecule has 0 aromatic rings. The van der Waals surface area contributed by atoms with Crippen molar-refractivity contribution in [1.29, 1.82) is 0 Å². The van der Waals surface area contributed by atoms with Crippen molar-refractivity contribution in [3.8, 4) is 0 Å². The molecule has 0 bridgehead atoms. The molecule has 1 aliphatic carbocycles. The lowest BCUT2D eigenvalue weighted by Crippen LogP contribution is -2.31. The Morgan fingerprint density at radius 1 is 1.39 bits per heavy atom. The van der Waals surface area contributed by atoms with E-state index in [0.717, 1.165) is 26.1 Å². The van der Waals surface area contributed by atoms with Crippen LogP contribution in [0.1, 0.15) is 39.0 Å². The lowest BCUT2D eigenvalue weighted by Gasteiger charge is -2.32. The van der Waals surface area contributed by atoms with Gasteiger partial charge < -0.3 is 14.7 Å². The van der Waals surface area contributed by atoms with Crippen LogP contribution in [-0.2, 0) is 14.4 Å². The molecule has 1 atom stereocenters. The molecule has 1 fully saturated rings. The molecule has 0 aromatic heterocycles. The van der Waals surface area contributed by atoms with Gasteiger partial charge in [-0.1, -0.05) is 23.7 Å². The summed E-state index contributed by atoms with van der Waals surface area (Å²) in [5.74, 6) is 0.758. The van der Waals surface area contributed by atoms with Crippen LogP contribution >= 0.6 is 11.6 Å². The van der Waals surface area contributed by atoms with Gasteiger partial charge in [0, 0.05) is 31.6 Å². The zero-order chi connectivity index (χ0) is 16.7. The standard InChI is InChI=1S/C17H24ClNO4/c1-2-14(19-23-7-3-6-18)17-15(20)10-13(11-16(17)21)12-4-8-22-9-5-12/h3,6,12-13,20H,2,4-5,7-11H2,1H3/b6-3+,19-14+/t13-/m1/s1. The lowest BCUT2D eigenvalue weighted by molar-refractivity contribution is -0.117. The maximum absolute atomic E-state index is 12.5. The Morgan fingerprint density at radius 3 is 2.74 bits per heavy atom. The molecule has 1 heterocycles. The average molecular weight is 342 g/mol. The summed E-state index contributed by atoms with van der Waals surface area (Å²) in [6.45, 7) is 3.62. The summed E-state index contributed by atoms with van der Waals surface area (Å²) in [5.41, 5.74) is 2.19. The second-order valence-electron chi connectivity index (χ2n) is 5.91. The molecule has 1 aliphatic heterocycles. The summed E-state index contributed by atoms with van der Waals surface area (Å²) in [5, 5.41) is 14.4. The fourth-order valence-electron chi connectivity index (χ4n) is 3.25. The van der Waals surface area contributed by atoms with Gasteiger partial charge in [-0.2, -0.15) is 0 Å². The van der Waals surface area contributed by atoms with Gasteiger partial charge >= 0.3 is 0 Å². The van der Waals surface area contributed by atoms with Gasteiger partial charge in [0.05, 0.1) is 11.3 Å². The number of hydrogen-bond acceptors (Lipinski definition) is 5. The minimum Gasteiger partial charge on any atom is -0.511 e. The van der Waals surface area contributed by atoms with Gasteiger partial charge in [0.25, 0.3) is 0 Å². The second kappa shape index (κ2) is 9.08. The maximum Gasteiger partial charge on any atom is 0.168 e. The van der Waals surface area contributed by atoms with E-state index in [1.807, 2.05) is 6.92 Å². The molecule has 1 saturated heterocycles. The van der Waals surface area contributed by atoms with Crippen molar-refractivity contribution in [3.63, 3.8) is 0 Å². The summed E-state index contributed by atoms with van der Waals surface area (Å²) in [6.07, 6.45) is 5.05. The third kappa shape index (κ3) is 4.82. The van der Waals surface area contributed by atoms with Crippen LogP contribution in [0.3, 0.4) is 0 Å². The van der Waals surface area contributed by atoms with Crippen LogP contribution in [0.15, 0.2) is 28.1 Å². The van der Waals surface area contributed by atoms with Crippen LogP contribution in [-0.4, -0.2) is 36.4 Å². The quantitative estimate of drug-likeness (QED) is 0.454. The largest absolute Gasteiger partial charge is 0.511 e. The van der Waals surface area contributed by atoms with E-state index in [1.165, 1.54) is 5.54 Å². The Bertz CT molecular complexity index is 507. The first kappa shape index (κ1) is 18.0. The highest BCUT2D eigenvalue weighted by molar-refractivity contribution is 6.25. The molecule has 6 heteroatoms. The molecule has 23 heavy (non-hydrogen) atoms. The minimum atomic E-state index is -0.0395. The van der Waals surface area contributed by atoms with Crippen LogP contribution in [0.4, 0.5) is 0 Å². The average Bonchev–Trinajstić information content (AvgIpc) is 2.57. The zero-order valence-corrected chi connectivity index (χ0v) is 14.2. The fraction of sp³-hybridized carbons (Fsp3) is 0.647. The van der Waals surface area contributed by atoms with Crippen molar-refractivity contribution >= 4 is 23.1 Å². The molecule has 0 spiro atoms. The third-order valence-corrected chi connectivity index (χ3v) is 4.64. The molecule has 2 aliphatic rings. The monoisotopic (exact) mass is 341 g/mol. The molecule has 1 N–H and O–H groups in total. The number of aliphatic hydroxyl groups excluding tert-OH is 1. The molecule has 0 amide bonds. The predicted octanol–water partition coefficient (Wildman–Crippen LogP) is 3.74. The van der Waals surface area contributed by atoms with Gasteiger partial charge in [0.2, 0.25) is 0 Å². The molecule has 128 valence electrons. The van der Waals surface area contributed by atoms with Crippen molar-refractivity contribution < 1.29 is 19.5 Å². The number of oxime groups is 1. The van der Waals surface area contributed by atoms with Crippen molar-refractivity contribution in [3.05, 3.63) is 22.9 Å². The first-order valence-electron chi connectivity index (χ1n) is 8.14. The highest BCUT2D eigenvalue weighted by atomic mass is 35.5. The summed E-state index contributed by atoms with van der Waals surface area (Å²) in [4.78, 5) is 17.6. The molecule has 2 rings (SSSR count). The Kier molecular flexibility index (Phi) is 7.12. The SMILES string of the molecule is CC/C(=N\OC/C=C/Cl)C1=C(O)C[C@@H](C2CCOCC2)CC1=O. The Hall–Kier alpha value is -1.33. The lowest BCUT2D eigenvalue weighted by atomic mass is 9.75. The minimum absolute atomic E-state index is 0.0395. The summed E-state index contributed by atoms with van der Waals surface area (Å²) >= 11 is 5.41. The van der Waals surface area contributed by atoms with E-state index < -0.39 is 0 Å². The summed E-state index contributed by atoms with van der Waals surface area (Å²) in [6, 6.07) is 0. The van der Waals surface area contributed by atoms with E-state index in [0.29, 0.717) is 36.5 Å². The first-order valence-corrected chi connectivity index (χ1v) is 8.58. The number of rotatable bonds is 6. The number of nitrogens with zero attached hydrogens (tertiary/aromatic N) is 1. The molecule has 0 saturated carbocycles. The third-order valence-electron chi connectivity index (χ3n) is 4.46. The van der Waals surface area contributed by atoms with Crippen LogP contribution in [0.25, 0.3) is 0 Å². The molecule has 5 nitrogen and oxygen atoms in total. The van der Waals surface area contributed by atoms with Gasteiger partial charge in [-0.25, -0.2) is 0 Å². The van der Waals surface area contributed by atoms with Crippen molar-refractivity contribution in [2.75, 3.05) is 19.8 Å². The Labute approximate surface area is 142 Å². The Balaban J connectivity index is 2.09. The fourth-order valence-corrected chi connectivity index (χ4v) is 3.33. The smallest absolute Gasteiger partial charge is 0.168 e. The van der Waals surface area contributed by atoms with Crippen molar-refractivity contribution in [2.24, 2.45) is 17.0 Å². The van der Waals surface area contributed by atoms with E-state index in [-0.39, 0.29) is 24.1 Å². The van der Waals surface area contributed by atoms with Crippen molar-refractivity contribution in [1.82, 2.24) is 0 Å². The van der Waals surface area contributed by atoms with Crippen LogP contribution in [0.2, 0.25) is 0 Å². The number of allylic oxidation sites excluding steroid dienone is 2. The summed E-state index contributed by atoms with van der Waals surface area (Å²) in [7, 11) is 0. The second-order valence-corrected chi connectivity index (χ2v) is 6.16. The van der Waals surface area contributed by atoms with Crippen LogP contribution in [0.5, 0.6) is 0 Å². The highest BCUT2D eigenvalue weighted by Gasteiger charge is 2.34. The molecule has 0 aromatic carbocycles. The normalized spacial score (nSPS) is 24.5. The number of ether oxygens (including phenoxy) is 1. The maximum atomic E-state index is 12.5.